The Bertz CT molecular complexity index is 2540. The average molecular weight is 1100 g/mol. The largest absolute Gasteiger partial charge is 0.496 e. The molecule has 22 heteroatoms. The van der Waals surface area contributed by atoms with E-state index in [1.165, 1.54) is 0 Å². The Kier molecular flexibility index (Phi) is 20.8. The topological polar surface area (TPSA) is 254 Å². The summed E-state index contributed by atoms with van der Waals surface area (Å²) >= 11 is 0. The number of aromatic nitrogens is 2. The van der Waals surface area contributed by atoms with Crippen molar-refractivity contribution in [1.29, 1.82) is 0 Å². The number of hydrogen-bond acceptors (Lipinski definition) is 15. The van der Waals surface area contributed by atoms with E-state index in [2.05, 4.69) is 49.1 Å². The van der Waals surface area contributed by atoms with Crippen molar-refractivity contribution in [3.8, 4) is 28.4 Å². The highest BCUT2D eigenvalue weighted by Gasteiger charge is 2.62. The number of rotatable bonds is 25. The fourth-order valence-electron chi connectivity index (χ4n) is 12.8. The van der Waals surface area contributed by atoms with Crippen LogP contribution in [0.5, 0.6) is 11.5 Å². The molecule has 434 valence electrons. The fourth-order valence-corrected chi connectivity index (χ4v) is 12.8. The Morgan fingerprint density at radius 1 is 0.658 bits per heavy atom. The summed E-state index contributed by atoms with van der Waals surface area (Å²) in [7, 11) is 9.06. The molecule has 5 N–H and O–H groups in total. The van der Waals surface area contributed by atoms with Crippen molar-refractivity contribution >= 4 is 41.4 Å². The van der Waals surface area contributed by atoms with Gasteiger partial charge in [0.1, 0.15) is 17.0 Å². The summed E-state index contributed by atoms with van der Waals surface area (Å²) in [5.41, 5.74) is 2.68. The SMILES string of the molecule is COc1cccc(OC)c1-c1cc(C(=O)NC2(C(=O)O)C3CC4CC(C3)CC2C4)nn1-c1ccc(N(C)CCCN(C)CCCN(C)C(=O)CN2CCN(CC(=O)O)CCN(CC(=O)O)CCN(CC(=O)O)CC2)cc1C(C)C. The lowest BCUT2D eigenvalue weighted by molar-refractivity contribution is -0.163. The zero-order chi connectivity index (χ0) is 57.1. The highest BCUT2D eigenvalue weighted by atomic mass is 16.5. The second-order valence-corrected chi connectivity index (χ2v) is 22.7. The maximum absolute atomic E-state index is 14.5. The summed E-state index contributed by atoms with van der Waals surface area (Å²) in [6.07, 6.45) is 5.97. The summed E-state index contributed by atoms with van der Waals surface area (Å²) in [6, 6.07) is 13.4. The molecule has 0 unspecified atom stereocenters. The molecule has 8 rings (SSSR count). The second kappa shape index (κ2) is 27.2. The van der Waals surface area contributed by atoms with Gasteiger partial charge in [-0.05, 0) is 137 Å². The molecule has 1 saturated heterocycles. The van der Waals surface area contributed by atoms with Gasteiger partial charge in [-0.15, -0.1) is 0 Å². The molecule has 3 aromatic rings. The quantitative estimate of drug-likeness (QED) is 0.0810. The van der Waals surface area contributed by atoms with Crippen molar-refractivity contribution in [2.75, 3.05) is 145 Å². The molecule has 2 heterocycles. The van der Waals surface area contributed by atoms with Crippen LogP contribution in [0.3, 0.4) is 0 Å². The molecule has 0 spiro atoms. The van der Waals surface area contributed by atoms with E-state index in [0.717, 1.165) is 81.5 Å². The van der Waals surface area contributed by atoms with Crippen LogP contribution in [-0.2, 0) is 24.0 Å². The number of carboxylic acids is 4. The van der Waals surface area contributed by atoms with Crippen LogP contribution in [0.1, 0.15) is 80.8 Å². The Balaban J connectivity index is 0.970. The number of carboxylic acid groups (broad SMARTS) is 4. The minimum atomic E-state index is -1.35. The van der Waals surface area contributed by atoms with Crippen LogP contribution < -0.4 is 19.7 Å². The van der Waals surface area contributed by atoms with Crippen LogP contribution in [0.25, 0.3) is 16.9 Å². The lowest BCUT2D eigenvalue weighted by Gasteiger charge is -2.59. The number of nitrogens with one attached hydrogen (secondary N) is 1. The summed E-state index contributed by atoms with van der Waals surface area (Å²) in [5, 5.41) is 47.6. The fraction of sp³-hybridized carbons (Fsp3) is 0.632. The third kappa shape index (κ3) is 15.1. The highest BCUT2D eigenvalue weighted by Crippen LogP contribution is 2.58. The predicted octanol–water partition coefficient (Wildman–Crippen LogP) is 3.77. The number of hydrogen-bond donors (Lipinski definition) is 5. The Labute approximate surface area is 464 Å². The number of methoxy groups -OCH3 is 2. The van der Waals surface area contributed by atoms with Crippen molar-refractivity contribution < 1.29 is 58.7 Å². The van der Waals surface area contributed by atoms with E-state index >= 15 is 0 Å². The third-order valence-electron chi connectivity index (χ3n) is 16.9. The van der Waals surface area contributed by atoms with E-state index < -0.39 is 35.3 Å². The molecule has 5 aliphatic rings. The summed E-state index contributed by atoms with van der Waals surface area (Å²) in [6.45, 7) is 9.08. The zero-order valence-electron chi connectivity index (χ0n) is 47.3. The molecular weight excluding hydrogens is 1020 g/mol. The van der Waals surface area contributed by atoms with Gasteiger partial charge in [-0.1, -0.05) is 19.9 Å². The third-order valence-corrected chi connectivity index (χ3v) is 16.9. The number of likely N-dealkylation sites (N-methyl/N-ethyl adjacent to an activating group) is 1. The van der Waals surface area contributed by atoms with Gasteiger partial charge in [0.15, 0.2) is 5.69 Å². The van der Waals surface area contributed by atoms with Crippen LogP contribution in [0.15, 0.2) is 42.5 Å². The van der Waals surface area contributed by atoms with Crippen LogP contribution in [-0.4, -0.2) is 241 Å². The molecular formula is C57H84N10O12. The van der Waals surface area contributed by atoms with E-state index in [-0.39, 0.29) is 55.5 Å². The normalized spacial score (nSPS) is 22.3. The van der Waals surface area contributed by atoms with Crippen molar-refractivity contribution in [2.24, 2.45) is 23.7 Å². The number of carbonyl (C=O) groups is 6. The number of benzene rings is 2. The van der Waals surface area contributed by atoms with E-state index in [9.17, 15) is 49.2 Å². The zero-order valence-corrected chi connectivity index (χ0v) is 47.3. The van der Waals surface area contributed by atoms with Gasteiger partial charge in [0.05, 0.1) is 57.3 Å². The molecule has 2 aromatic carbocycles. The molecule has 4 bridgehead atoms. The van der Waals surface area contributed by atoms with Crippen LogP contribution in [0, 0.1) is 23.7 Å². The summed E-state index contributed by atoms with van der Waals surface area (Å²) in [5.74, 6) is -2.76. The first-order valence-corrected chi connectivity index (χ1v) is 27.9. The molecule has 5 fully saturated rings. The minimum absolute atomic E-state index is 0.0393. The van der Waals surface area contributed by atoms with Crippen molar-refractivity contribution in [3.63, 3.8) is 0 Å². The van der Waals surface area contributed by atoms with Crippen LogP contribution in [0.2, 0.25) is 0 Å². The van der Waals surface area contributed by atoms with Gasteiger partial charge in [-0.3, -0.25) is 43.6 Å². The van der Waals surface area contributed by atoms with Crippen molar-refractivity contribution in [1.82, 2.24) is 44.5 Å². The first kappa shape index (κ1) is 60.3. The van der Waals surface area contributed by atoms with Crippen molar-refractivity contribution in [2.45, 2.75) is 70.3 Å². The Morgan fingerprint density at radius 3 is 1.59 bits per heavy atom. The summed E-state index contributed by atoms with van der Waals surface area (Å²) < 4.78 is 13.5. The maximum Gasteiger partial charge on any atom is 0.330 e. The number of carbonyl (C=O) groups excluding carboxylic acids is 2. The van der Waals surface area contributed by atoms with E-state index in [1.807, 2.05) is 35.2 Å². The number of amides is 2. The number of nitrogens with zero attached hydrogens (tertiary/aromatic N) is 9. The Hall–Kier alpha value is -6.33. The predicted molar refractivity (Wildman–Crippen MR) is 297 cm³/mol. The molecule has 0 atom stereocenters. The Morgan fingerprint density at radius 2 is 1.14 bits per heavy atom. The number of ether oxygens (including phenoxy) is 2. The molecule has 4 saturated carbocycles. The van der Waals surface area contributed by atoms with Gasteiger partial charge < -0.3 is 49.9 Å². The van der Waals surface area contributed by atoms with Crippen LogP contribution >= 0.6 is 0 Å². The molecule has 79 heavy (non-hydrogen) atoms. The standard InChI is InChI=1S/C57H84N10O12/c1-38(2)44-32-43(13-14-46(44)67-47(54-48(78-6)11-8-12-49(54)79-7)33-45(59-67)55(75)58-57(56(76)77)41-28-39-27-40(30-41)31-42(57)29-39)61(4)17-9-15-60(3)16-10-18-62(5)50(68)34-63-19-21-64(35-51(69)70)23-25-66(37-53(73)74)26-24-65(22-20-63)36-52(71)72/h8,11-14,32-33,38-42H,9-10,15-31,34-37H2,1-7H3,(H,58,75)(H,69,70)(H,71,72)(H,73,74)(H,76,77). The van der Waals surface area contributed by atoms with E-state index in [0.29, 0.717) is 93.5 Å². The molecule has 0 radical (unpaired) electrons. The van der Waals surface area contributed by atoms with Gasteiger partial charge in [-0.25, -0.2) is 9.48 Å². The monoisotopic (exact) mass is 1100 g/mol. The molecule has 1 aliphatic heterocycles. The lowest BCUT2D eigenvalue weighted by Crippen LogP contribution is -2.70. The highest BCUT2D eigenvalue weighted by molar-refractivity contribution is 5.98. The first-order chi connectivity index (χ1) is 37.7. The average Bonchev–Trinajstić information content (AvgIpc) is 4.03. The van der Waals surface area contributed by atoms with Gasteiger partial charge in [0.25, 0.3) is 5.91 Å². The minimum Gasteiger partial charge on any atom is -0.496 e. The van der Waals surface area contributed by atoms with E-state index in [4.69, 9.17) is 14.6 Å². The van der Waals surface area contributed by atoms with Gasteiger partial charge >= 0.3 is 23.9 Å². The smallest absolute Gasteiger partial charge is 0.330 e. The molecule has 2 amide bonds. The van der Waals surface area contributed by atoms with Gasteiger partial charge in [-0.2, -0.15) is 5.10 Å². The molecule has 4 aliphatic carbocycles. The first-order valence-electron chi connectivity index (χ1n) is 27.9. The van der Waals surface area contributed by atoms with Crippen molar-refractivity contribution in [3.05, 3.63) is 53.7 Å². The van der Waals surface area contributed by atoms with E-state index in [1.54, 1.807) is 51.6 Å². The van der Waals surface area contributed by atoms with Crippen LogP contribution in [0.4, 0.5) is 5.69 Å². The van der Waals surface area contributed by atoms with Gasteiger partial charge in [0.2, 0.25) is 5.91 Å². The number of anilines is 1. The number of aliphatic carboxylic acids is 4. The molecule has 1 aromatic heterocycles. The summed E-state index contributed by atoms with van der Waals surface area (Å²) in [4.78, 5) is 89.7. The molecule has 22 nitrogen and oxygen atoms in total. The maximum atomic E-state index is 14.5. The lowest BCUT2D eigenvalue weighted by atomic mass is 9.48. The second-order valence-electron chi connectivity index (χ2n) is 22.7. The van der Waals surface area contributed by atoms with Gasteiger partial charge in [0, 0.05) is 85.2 Å².